The summed E-state index contributed by atoms with van der Waals surface area (Å²) < 4.78 is 0. The number of aryl methyl sites for hydroxylation is 1. The molecule has 0 heterocycles. The summed E-state index contributed by atoms with van der Waals surface area (Å²) in [5, 5.41) is 2.50. The van der Waals surface area contributed by atoms with Crippen molar-refractivity contribution in [3.8, 4) is 0 Å². The molecule has 1 aromatic rings. The molecule has 15 heavy (non-hydrogen) atoms. The minimum atomic E-state index is -0.761. The third kappa shape index (κ3) is 8.08. The largest absolute Gasteiger partial charge is 0.355 e. The average Bonchev–Trinajstić information content (AvgIpc) is 2.28. The van der Waals surface area contributed by atoms with Crippen molar-refractivity contribution >= 4 is 5.97 Å². The highest BCUT2D eigenvalue weighted by atomic mass is 16.7. The Kier molecular flexibility index (Phi) is 7.09. The fraction of sp³-hybridized carbons (Fsp3) is 0.100. The molecule has 0 aliphatic rings. The Bertz CT molecular complexity index is 356. The van der Waals surface area contributed by atoms with Crippen LogP contribution >= 0.6 is 0 Å². The summed E-state index contributed by atoms with van der Waals surface area (Å²) in [6.07, 6.45) is 0.898. The molecule has 0 amide bonds. The Morgan fingerprint density at radius 1 is 1.53 bits per heavy atom. The molecule has 0 unspecified atom stereocenters. The Labute approximate surface area is 87.6 Å². The van der Waals surface area contributed by atoms with Gasteiger partial charge in [-0.15, -0.1) is 0 Å². The highest BCUT2D eigenvalue weighted by molar-refractivity contribution is 5.80. The molecule has 1 aromatic carbocycles. The molecule has 0 fully saturated rings. The summed E-state index contributed by atoms with van der Waals surface area (Å²) in [6, 6.07) is 10.3. The molecule has 0 aliphatic carbocycles. The molecule has 0 N–H and O–H groups in total. The minimum Gasteiger partial charge on any atom is -0.355 e. The lowest BCUT2D eigenvalue weighted by atomic mass is 10.2. The fourth-order valence-corrected chi connectivity index (χ4v) is 0.630. The summed E-state index contributed by atoms with van der Waals surface area (Å²) in [5.41, 5.74) is 8.88. The van der Waals surface area contributed by atoms with E-state index in [1.165, 1.54) is 5.56 Å². The quantitative estimate of drug-likeness (QED) is 0.245. The van der Waals surface area contributed by atoms with Gasteiger partial charge in [0.05, 0.1) is 0 Å². The fourth-order valence-electron chi connectivity index (χ4n) is 0.630. The van der Waals surface area contributed by atoms with Gasteiger partial charge in [-0.25, -0.2) is 4.79 Å². The number of hydrogen-bond donors (Lipinski definition) is 0. The molecule has 1 rings (SSSR count). The molecule has 78 valence electrons. The molecule has 0 bridgehead atoms. The first-order chi connectivity index (χ1) is 7.20. The normalized spacial score (nSPS) is 7.53. The Hall–Kier alpha value is -2.26. The third-order valence-corrected chi connectivity index (χ3v) is 1.27. The standard InChI is InChI=1S/C7H8.C3H3N3O2/c1-7-5-3-2-4-6-7;1-2-3(7)8-6-5-4/h2-6H,1H3;2H,1H2. The number of benzene rings is 1. The zero-order chi connectivity index (χ0) is 11.5. The van der Waals surface area contributed by atoms with Crippen molar-refractivity contribution in [3.05, 3.63) is 59.0 Å². The summed E-state index contributed by atoms with van der Waals surface area (Å²) >= 11 is 0. The van der Waals surface area contributed by atoms with E-state index >= 15 is 0 Å². The molecule has 5 nitrogen and oxygen atoms in total. The van der Waals surface area contributed by atoms with Gasteiger partial charge in [-0.05, 0) is 12.5 Å². The van der Waals surface area contributed by atoms with Crippen LogP contribution in [0, 0.1) is 6.92 Å². The van der Waals surface area contributed by atoms with Crippen LogP contribution in [0.4, 0.5) is 0 Å². The predicted molar refractivity (Wildman–Crippen MR) is 56.6 cm³/mol. The summed E-state index contributed by atoms with van der Waals surface area (Å²) in [7, 11) is 0. The van der Waals surface area contributed by atoms with E-state index in [2.05, 4.69) is 40.7 Å². The van der Waals surface area contributed by atoms with Gasteiger partial charge in [-0.3, -0.25) is 0 Å². The maximum atomic E-state index is 9.97. The van der Waals surface area contributed by atoms with Crippen molar-refractivity contribution in [3.63, 3.8) is 0 Å². The SMILES string of the molecule is C=CC(=O)ON=[N+]=[N-].Cc1ccccc1. The van der Waals surface area contributed by atoms with Crippen molar-refractivity contribution in [2.45, 2.75) is 6.92 Å². The molecule has 0 spiro atoms. The van der Waals surface area contributed by atoms with Crippen LogP contribution in [0.15, 0.2) is 48.3 Å². The lowest BCUT2D eigenvalue weighted by Crippen LogP contribution is -1.90. The number of rotatable bonds is 2. The molecule has 0 atom stereocenters. The number of carbonyl (C=O) groups is 1. The Morgan fingerprint density at radius 3 is 2.47 bits per heavy atom. The van der Waals surface area contributed by atoms with Crippen LogP contribution in [0.25, 0.3) is 10.4 Å². The van der Waals surface area contributed by atoms with E-state index in [4.69, 9.17) is 5.53 Å². The maximum Gasteiger partial charge on any atom is 0.341 e. The lowest BCUT2D eigenvalue weighted by Gasteiger charge is -1.82. The van der Waals surface area contributed by atoms with Gasteiger partial charge in [0.2, 0.25) is 0 Å². The van der Waals surface area contributed by atoms with E-state index in [0.717, 1.165) is 6.08 Å². The molecular weight excluding hydrogens is 194 g/mol. The van der Waals surface area contributed by atoms with Crippen LogP contribution in [0.5, 0.6) is 0 Å². The molecule has 0 saturated carbocycles. The van der Waals surface area contributed by atoms with Crippen molar-refractivity contribution in [2.75, 3.05) is 0 Å². The van der Waals surface area contributed by atoms with E-state index < -0.39 is 5.97 Å². The smallest absolute Gasteiger partial charge is 0.341 e. The molecule has 0 aliphatic heterocycles. The second-order valence-electron chi connectivity index (χ2n) is 2.44. The monoisotopic (exact) mass is 205 g/mol. The van der Waals surface area contributed by atoms with E-state index in [9.17, 15) is 4.79 Å². The number of carbonyl (C=O) groups excluding carboxylic acids is 1. The molecule has 5 heteroatoms. The summed E-state index contributed by atoms with van der Waals surface area (Å²) in [4.78, 5) is 15.9. The zero-order valence-electron chi connectivity index (χ0n) is 8.33. The first-order valence-corrected chi connectivity index (χ1v) is 4.10. The van der Waals surface area contributed by atoms with Gasteiger partial charge >= 0.3 is 5.97 Å². The van der Waals surface area contributed by atoms with Crippen LogP contribution in [-0.4, -0.2) is 5.97 Å². The van der Waals surface area contributed by atoms with Gasteiger partial charge in [0, 0.05) is 11.0 Å². The van der Waals surface area contributed by atoms with Crippen LogP contribution in [0.1, 0.15) is 5.56 Å². The Balaban J connectivity index is 0.000000262. The highest BCUT2D eigenvalue weighted by Crippen LogP contribution is 1.92. The van der Waals surface area contributed by atoms with Crippen molar-refractivity contribution in [1.82, 2.24) is 0 Å². The van der Waals surface area contributed by atoms with Crippen molar-refractivity contribution < 1.29 is 9.63 Å². The topological polar surface area (TPSA) is 75.1 Å². The molecule has 0 radical (unpaired) electrons. The first-order valence-electron chi connectivity index (χ1n) is 4.10. The van der Waals surface area contributed by atoms with E-state index in [1.807, 2.05) is 18.2 Å². The average molecular weight is 205 g/mol. The van der Waals surface area contributed by atoms with Gasteiger partial charge in [0.1, 0.15) is 5.28 Å². The zero-order valence-corrected chi connectivity index (χ0v) is 8.33. The van der Waals surface area contributed by atoms with Crippen LogP contribution in [-0.2, 0) is 9.63 Å². The molecular formula is C10H11N3O2. The van der Waals surface area contributed by atoms with Gasteiger partial charge in [-0.1, -0.05) is 42.5 Å². The first kappa shape index (κ1) is 12.7. The maximum absolute atomic E-state index is 9.97. The van der Waals surface area contributed by atoms with Gasteiger partial charge in [0.15, 0.2) is 0 Å². The third-order valence-electron chi connectivity index (χ3n) is 1.27. The van der Waals surface area contributed by atoms with E-state index in [1.54, 1.807) is 0 Å². The number of hydrogen-bond acceptors (Lipinski definition) is 3. The predicted octanol–water partition coefficient (Wildman–Crippen LogP) is 2.94. The number of nitrogens with zero attached hydrogens (tertiary/aromatic N) is 3. The van der Waals surface area contributed by atoms with Gasteiger partial charge < -0.3 is 4.84 Å². The van der Waals surface area contributed by atoms with Gasteiger partial charge in [0.25, 0.3) is 0 Å². The summed E-state index contributed by atoms with van der Waals surface area (Å²) in [5.74, 6) is -0.761. The number of azide groups is 1. The molecule has 0 saturated heterocycles. The van der Waals surface area contributed by atoms with Crippen molar-refractivity contribution in [1.29, 1.82) is 0 Å². The van der Waals surface area contributed by atoms with Crippen LogP contribution in [0.2, 0.25) is 0 Å². The van der Waals surface area contributed by atoms with Crippen LogP contribution in [0.3, 0.4) is 0 Å². The lowest BCUT2D eigenvalue weighted by molar-refractivity contribution is -0.138. The second-order valence-corrected chi connectivity index (χ2v) is 2.44. The van der Waals surface area contributed by atoms with Gasteiger partial charge in [-0.2, -0.15) is 0 Å². The Morgan fingerprint density at radius 2 is 2.13 bits per heavy atom. The summed E-state index contributed by atoms with van der Waals surface area (Å²) in [6.45, 7) is 5.14. The van der Waals surface area contributed by atoms with Crippen molar-refractivity contribution in [2.24, 2.45) is 5.28 Å². The minimum absolute atomic E-state index is 0.761. The van der Waals surface area contributed by atoms with E-state index in [-0.39, 0.29) is 0 Å². The molecule has 0 aromatic heterocycles. The van der Waals surface area contributed by atoms with Crippen LogP contribution < -0.4 is 0 Å². The highest BCUT2D eigenvalue weighted by Gasteiger charge is 1.87. The van der Waals surface area contributed by atoms with E-state index in [0.29, 0.717) is 0 Å². The second kappa shape index (κ2) is 8.34.